The van der Waals surface area contributed by atoms with Gasteiger partial charge >= 0.3 is 0 Å². The maximum absolute atomic E-state index is 10.1. The maximum atomic E-state index is 10.1. The molecule has 2 aromatic rings. The van der Waals surface area contributed by atoms with Gasteiger partial charge in [-0.2, -0.15) is 0 Å². The lowest BCUT2D eigenvalue weighted by Gasteiger charge is -2.21. The average Bonchev–Trinajstić information content (AvgIpc) is 2.83. The van der Waals surface area contributed by atoms with Crippen LogP contribution in [0.2, 0.25) is 0 Å². The number of benzene rings is 1. The molecule has 0 amide bonds. The second-order valence-corrected chi connectivity index (χ2v) is 7.16. The Balaban J connectivity index is 2.14. The molecule has 1 aromatic heterocycles. The van der Waals surface area contributed by atoms with E-state index < -0.39 is 0 Å². The SMILES string of the molecule is CNC(C)c1ccc(N(C)Cc2csc(Br)c2)cc1O. The van der Waals surface area contributed by atoms with Gasteiger partial charge in [0.05, 0.1) is 3.79 Å². The Morgan fingerprint density at radius 3 is 2.70 bits per heavy atom. The molecule has 0 fully saturated rings. The van der Waals surface area contributed by atoms with E-state index in [4.69, 9.17) is 0 Å². The lowest BCUT2D eigenvalue weighted by molar-refractivity contribution is 0.458. The first-order chi connectivity index (χ1) is 9.51. The fraction of sp³-hybridized carbons (Fsp3) is 0.333. The lowest BCUT2D eigenvalue weighted by Crippen LogP contribution is -2.16. The monoisotopic (exact) mass is 354 g/mol. The molecule has 3 nitrogen and oxygen atoms in total. The summed E-state index contributed by atoms with van der Waals surface area (Å²) in [5.41, 5.74) is 3.19. The molecule has 1 heterocycles. The summed E-state index contributed by atoms with van der Waals surface area (Å²) in [6.45, 7) is 2.85. The van der Waals surface area contributed by atoms with Gasteiger partial charge in [-0.15, -0.1) is 11.3 Å². The molecular formula is C15H19BrN2OS. The van der Waals surface area contributed by atoms with Crippen LogP contribution in [0.4, 0.5) is 5.69 Å². The summed E-state index contributed by atoms with van der Waals surface area (Å²) in [5.74, 6) is 0.336. The molecule has 0 saturated heterocycles. The van der Waals surface area contributed by atoms with Gasteiger partial charge in [0, 0.05) is 37.0 Å². The second-order valence-electron chi connectivity index (χ2n) is 4.87. The zero-order valence-corrected chi connectivity index (χ0v) is 14.3. The lowest BCUT2D eigenvalue weighted by atomic mass is 10.1. The highest BCUT2D eigenvalue weighted by atomic mass is 79.9. The molecule has 0 radical (unpaired) electrons. The molecule has 108 valence electrons. The van der Waals surface area contributed by atoms with Crippen molar-refractivity contribution in [1.82, 2.24) is 5.32 Å². The van der Waals surface area contributed by atoms with Gasteiger partial charge in [-0.3, -0.25) is 0 Å². The van der Waals surface area contributed by atoms with Crippen LogP contribution in [0.5, 0.6) is 5.75 Å². The van der Waals surface area contributed by atoms with Crippen molar-refractivity contribution in [3.05, 3.63) is 44.6 Å². The normalized spacial score (nSPS) is 12.4. The molecule has 1 aromatic carbocycles. The number of phenolic OH excluding ortho intramolecular Hbond substituents is 1. The van der Waals surface area contributed by atoms with Gasteiger partial charge in [-0.05, 0) is 53.0 Å². The Kier molecular flexibility index (Phi) is 5.07. The summed E-state index contributed by atoms with van der Waals surface area (Å²) in [6, 6.07) is 8.11. The molecular weight excluding hydrogens is 336 g/mol. The zero-order chi connectivity index (χ0) is 14.7. The Labute approximate surface area is 132 Å². The minimum Gasteiger partial charge on any atom is -0.508 e. The third-order valence-electron chi connectivity index (χ3n) is 3.40. The van der Waals surface area contributed by atoms with Gasteiger partial charge in [0.2, 0.25) is 0 Å². The molecule has 0 aliphatic heterocycles. The van der Waals surface area contributed by atoms with Crippen molar-refractivity contribution >= 4 is 33.0 Å². The van der Waals surface area contributed by atoms with Crippen molar-refractivity contribution in [3.63, 3.8) is 0 Å². The topological polar surface area (TPSA) is 35.5 Å². The second kappa shape index (κ2) is 6.61. The highest BCUT2D eigenvalue weighted by Gasteiger charge is 2.11. The largest absolute Gasteiger partial charge is 0.508 e. The Bertz CT molecular complexity index is 585. The standard InChI is InChI=1S/C15H19BrN2OS/c1-10(17-2)13-5-4-12(7-14(13)19)18(3)8-11-6-15(16)20-9-11/h4-7,9-10,17,19H,8H2,1-3H3. The number of rotatable bonds is 5. The van der Waals surface area contributed by atoms with E-state index in [1.807, 2.05) is 39.2 Å². The number of thiophene rings is 1. The number of phenols is 1. The van der Waals surface area contributed by atoms with Crippen LogP contribution >= 0.6 is 27.3 Å². The van der Waals surface area contributed by atoms with E-state index in [-0.39, 0.29) is 6.04 Å². The Morgan fingerprint density at radius 1 is 1.40 bits per heavy atom. The first kappa shape index (κ1) is 15.4. The molecule has 0 aliphatic rings. The third kappa shape index (κ3) is 3.53. The predicted molar refractivity (Wildman–Crippen MR) is 89.7 cm³/mol. The number of anilines is 1. The first-order valence-electron chi connectivity index (χ1n) is 6.45. The quantitative estimate of drug-likeness (QED) is 0.847. The maximum Gasteiger partial charge on any atom is 0.122 e. The molecule has 0 saturated carbocycles. The summed E-state index contributed by atoms with van der Waals surface area (Å²) in [4.78, 5) is 2.13. The van der Waals surface area contributed by atoms with Crippen LogP contribution in [0.25, 0.3) is 0 Å². The van der Waals surface area contributed by atoms with Crippen molar-refractivity contribution in [3.8, 4) is 5.75 Å². The molecule has 0 aliphatic carbocycles. The molecule has 0 bridgehead atoms. The van der Waals surface area contributed by atoms with Gasteiger partial charge in [0.15, 0.2) is 0 Å². The summed E-state index contributed by atoms with van der Waals surface area (Å²) >= 11 is 5.16. The highest BCUT2D eigenvalue weighted by molar-refractivity contribution is 9.11. The number of nitrogens with one attached hydrogen (secondary N) is 1. The number of aromatic hydroxyl groups is 1. The molecule has 5 heteroatoms. The van der Waals surface area contributed by atoms with Crippen LogP contribution in [0.1, 0.15) is 24.1 Å². The van der Waals surface area contributed by atoms with E-state index in [0.717, 1.165) is 21.6 Å². The minimum atomic E-state index is 0.141. The highest BCUT2D eigenvalue weighted by Crippen LogP contribution is 2.29. The fourth-order valence-electron chi connectivity index (χ4n) is 2.09. The number of hydrogen-bond donors (Lipinski definition) is 2. The molecule has 2 rings (SSSR count). The van der Waals surface area contributed by atoms with Crippen LogP contribution in [-0.2, 0) is 6.54 Å². The average molecular weight is 355 g/mol. The summed E-state index contributed by atoms with van der Waals surface area (Å²) in [7, 11) is 3.92. The van der Waals surface area contributed by atoms with E-state index >= 15 is 0 Å². The number of hydrogen-bond acceptors (Lipinski definition) is 4. The van der Waals surface area contributed by atoms with Crippen LogP contribution in [-0.4, -0.2) is 19.2 Å². The minimum absolute atomic E-state index is 0.141. The van der Waals surface area contributed by atoms with Crippen LogP contribution in [0.15, 0.2) is 33.4 Å². The van der Waals surface area contributed by atoms with Gasteiger partial charge in [-0.1, -0.05) is 6.07 Å². The van der Waals surface area contributed by atoms with Gasteiger partial charge in [-0.25, -0.2) is 0 Å². The van der Waals surface area contributed by atoms with Crippen molar-refractivity contribution in [2.75, 3.05) is 19.0 Å². The number of nitrogens with zero attached hydrogens (tertiary/aromatic N) is 1. The molecule has 20 heavy (non-hydrogen) atoms. The number of halogens is 1. The third-order valence-corrected chi connectivity index (χ3v) is 4.95. The Hall–Kier alpha value is -1.04. The fourth-order valence-corrected chi connectivity index (χ4v) is 3.29. The molecule has 2 N–H and O–H groups in total. The van der Waals surface area contributed by atoms with Gasteiger partial charge < -0.3 is 15.3 Å². The Morgan fingerprint density at radius 2 is 2.15 bits per heavy atom. The van der Waals surface area contributed by atoms with E-state index in [9.17, 15) is 5.11 Å². The molecule has 0 spiro atoms. The van der Waals surface area contributed by atoms with E-state index in [2.05, 4.69) is 37.6 Å². The van der Waals surface area contributed by atoms with Crippen molar-refractivity contribution in [2.24, 2.45) is 0 Å². The summed E-state index contributed by atoms with van der Waals surface area (Å²) in [6.07, 6.45) is 0. The van der Waals surface area contributed by atoms with E-state index in [1.54, 1.807) is 11.3 Å². The van der Waals surface area contributed by atoms with Crippen LogP contribution in [0, 0.1) is 0 Å². The first-order valence-corrected chi connectivity index (χ1v) is 8.12. The smallest absolute Gasteiger partial charge is 0.122 e. The van der Waals surface area contributed by atoms with Gasteiger partial charge in [0.25, 0.3) is 0 Å². The van der Waals surface area contributed by atoms with Crippen molar-refractivity contribution in [2.45, 2.75) is 19.5 Å². The summed E-state index contributed by atoms with van der Waals surface area (Å²) < 4.78 is 1.14. The zero-order valence-electron chi connectivity index (χ0n) is 11.9. The predicted octanol–water partition coefficient (Wildman–Crippen LogP) is 4.13. The molecule has 1 atom stereocenters. The van der Waals surface area contributed by atoms with E-state index in [1.165, 1.54) is 5.56 Å². The molecule has 1 unspecified atom stereocenters. The van der Waals surface area contributed by atoms with Crippen LogP contribution < -0.4 is 10.2 Å². The van der Waals surface area contributed by atoms with Gasteiger partial charge in [0.1, 0.15) is 5.75 Å². The van der Waals surface area contributed by atoms with Crippen molar-refractivity contribution < 1.29 is 5.11 Å². The van der Waals surface area contributed by atoms with Crippen molar-refractivity contribution in [1.29, 1.82) is 0 Å². The van der Waals surface area contributed by atoms with Crippen LogP contribution in [0.3, 0.4) is 0 Å². The summed E-state index contributed by atoms with van der Waals surface area (Å²) in [5, 5.41) is 15.4. The van der Waals surface area contributed by atoms with E-state index in [0.29, 0.717) is 5.75 Å².